The molecule has 0 N–H and O–H groups in total. The summed E-state index contributed by atoms with van der Waals surface area (Å²) in [6.45, 7) is 3.85. The molecule has 2 bridgehead atoms. The van der Waals surface area contributed by atoms with E-state index in [9.17, 15) is 9.59 Å². The van der Waals surface area contributed by atoms with Gasteiger partial charge in [-0.1, -0.05) is 0 Å². The fourth-order valence-electron chi connectivity index (χ4n) is 3.48. The van der Waals surface area contributed by atoms with E-state index in [0.29, 0.717) is 36.9 Å². The van der Waals surface area contributed by atoms with Gasteiger partial charge in [0.05, 0.1) is 13.2 Å². The van der Waals surface area contributed by atoms with Crippen molar-refractivity contribution in [2.45, 2.75) is 33.1 Å². The van der Waals surface area contributed by atoms with Gasteiger partial charge in [-0.2, -0.15) is 0 Å². The van der Waals surface area contributed by atoms with Crippen LogP contribution in [0.5, 0.6) is 0 Å². The Morgan fingerprint density at radius 1 is 0.941 bits per heavy atom. The Morgan fingerprint density at radius 2 is 1.35 bits per heavy atom. The van der Waals surface area contributed by atoms with Crippen molar-refractivity contribution < 1.29 is 19.1 Å². The Morgan fingerprint density at radius 3 is 1.71 bits per heavy atom. The largest absolute Gasteiger partial charge is 0.466 e. The highest BCUT2D eigenvalue weighted by Crippen LogP contribution is 2.52. The molecule has 0 heterocycles. The Labute approximate surface area is 102 Å². The van der Waals surface area contributed by atoms with Crippen LogP contribution in [0.4, 0.5) is 0 Å². The molecule has 2 aliphatic carbocycles. The molecule has 0 unspecified atom stereocenters. The van der Waals surface area contributed by atoms with Gasteiger partial charge in [0.1, 0.15) is 0 Å². The molecule has 2 saturated carbocycles. The molecule has 0 amide bonds. The highest BCUT2D eigenvalue weighted by Gasteiger charge is 2.48. The van der Waals surface area contributed by atoms with E-state index in [1.54, 1.807) is 0 Å². The van der Waals surface area contributed by atoms with E-state index in [-0.39, 0.29) is 11.9 Å². The van der Waals surface area contributed by atoms with Crippen molar-refractivity contribution >= 4 is 11.9 Å². The normalized spacial score (nSPS) is 34.7. The van der Waals surface area contributed by atoms with E-state index in [0.717, 1.165) is 0 Å². The van der Waals surface area contributed by atoms with Crippen LogP contribution >= 0.6 is 0 Å². The van der Waals surface area contributed by atoms with Gasteiger partial charge < -0.3 is 9.47 Å². The number of fused-ring (bicyclic) bond motifs is 2. The maximum absolute atomic E-state index is 10.9. The molecule has 0 aliphatic heterocycles. The topological polar surface area (TPSA) is 52.6 Å². The minimum atomic E-state index is -0.223. The third-order valence-corrected chi connectivity index (χ3v) is 4.23. The molecule has 0 spiro atoms. The van der Waals surface area contributed by atoms with E-state index in [4.69, 9.17) is 9.47 Å². The van der Waals surface area contributed by atoms with Crippen LogP contribution in [0.2, 0.25) is 0 Å². The first-order chi connectivity index (χ1) is 8.08. The maximum atomic E-state index is 10.9. The van der Waals surface area contributed by atoms with Gasteiger partial charge in [0.25, 0.3) is 0 Å². The van der Waals surface area contributed by atoms with Crippen molar-refractivity contribution in [3.05, 3.63) is 0 Å². The van der Waals surface area contributed by atoms with Gasteiger partial charge in [-0.3, -0.25) is 9.59 Å². The number of esters is 2. The highest BCUT2D eigenvalue weighted by molar-refractivity contribution is 5.66. The lowest BCUT2D eigenvalue weighted by Crippen LogP contribution is -2.31. The number of rotatable bonds is 4. The Kier molecular flexibility index (Phi) is 3.69. The molecule has 2 rings (SSSR count). The van der Waals surface area contributed by atoms with Crippen LogP contribution in [0.25, 0.3) is 0 Å². The van der Waals surface area contributed by atoms with Gasteiger partial charge in [-0.15, -0.1) is 0 Å². The zero-order valence-electron chi connectivity index (χ0n) is 10.5. The molecular formula is C13H20O4. The molecular weight excluding hydrogens is 220 g/mol. The molecule has 17 heavy (non-hydrogen) atoms. The number of carbonyl (C=O) groups excluding carboxylic acids is 2. The minimum Gasteiger partial charge on any atom is -0.466 e. The van der Waals surface area contributed by atoms with Crippen molar-refractivity contribution in [3.63, 3.8) is 0 Å². The first-order valence-corrected chi connectivity index (χ1v) is 6.34. The smallest absolute Gasteiger partial charge is 0.302 e. The summed E-state index contributed by atoms with van der Waals surface area (Å²) in [5.41, 5.74) is 0. The van der Waals surface area contributed by atoms with E-state index in [1.165, 1.54) is 33.1 Å². The van der Waals surface area contributed by atoms with Crippen LogP contribution in [0.3, 0.4) is 0 Å². The Bertz CT molecular complexity index is 283. The number of ether oxygens (including phenoxy) is 2. The van der Waals surface area contributed by atoms with Gasteiger partial charge >= 0.3 is 11.9 Å². The molecule has 4 nitrogen and oxygen atoms in total. The molecule has 0 aromatic carbocycles. The molecule has 4 atom stereocenters. The zero-order valence-corrected chi connectivity index (χ0v) is 10.5. The SMILES string of the molecule is CC(=O)OC[C@H]1[C@H]2CC[C@@H](C2)[C@@H]1COC(C)=O. The standard InChI is InChI=1S/C13H20O4/c1-8(14)16-6-12-10-3-4-11(5-10)13(12)7-17-9(2)15/h10-13H,3-7H2,1-2H3/t10-,11-,12-,13-/m0/s1. The van der Waals surface area contributed by atoms with Crippen molar-refractivity contribution in [3.8, 4) is 0 Å². The van der Waals surface area contributed by atoms with Gasteiger partial charge in [0.15, 0.2) is 0 Å². The van der Waals surface area contributed by atoms with Gasteiger partial charge in [-0.25, -0.2) is 0 Å². The van der Waals surface area contributed by atoms with E-state index < -0.39 is 0 Å². The Hall–Kier alpha value is -1.06. The van der Waals surface area contributed by atoms with Crippen molar-refractivity contribution in [1.82, 2.24) is 0 Å². The summed E-state index contributed by atoms with van der Waals surface area (Å²) in [6, 6.07) is 0. The molecule has 96 valence electrons. The molecule has 0 aromatic rings. The van der Waals surface area contributed by atoms with Crippen LogP contribution < -0.4 is 0 Å². The summed E-state index contributed by atoms with van der Waals surface area (Å²) in [4.78, 5) is 21.7. The molecule has 0 saturated heterocycles. The van der Waals surface area contributed by atoms with Crippen LogP contribution in [0, 0.1) is 23.7 Å². The van der Waals surface area contributed by atoms with Gasteiger partial charge in [0, 0.05) is 25.7 Å². The summed E-state index contributed by atoms with van der Waals surface area (Å²) >= 11 is 0. The van der Waals surface area contributed by atoms with E-state index in [2.05, 4.69) is 0 Å². The lowest BCUT2D eigenvalue weighted by Gasteiger charge is -2.30. The lowest BCUT2D eigenvalue weighted by atomic mass is 9.80. The summed E-state index contributed by atoms with van der Waals surface area (Å²) in [7, 11) is 0. The van der Waals surface area contributed by atoms with Crippen molar-refractivity contribution in [1.29, 1.82) is 0 Å². The fraction of sp³-hybridized carbons (Fsp3) is 0.846. The summed E-state index contributed by atoms with van der Waals surface area (Å²) < 4.78 is 10.3. The zero-order chi connectivity index (χ0) is 12.4. The maximum Gasteiger partial charge on any atom is 0.302 e. The fourth-order valence-corrected chi connectivity index (χ4v) is 3.48. The van der Waals surface area contributed by atoms with E-state index >= 15 is 0 Å². The second kappa shape index (κ2) is 5.07. The average molecular weight is 240 g/mol. The molecule has 2 aliphatic rings. The predicted octanol–water partition coefficient (Wildman–Crippen LogP) is 1.77. The van der Waals surface area contributed by atoms with Crippen LogP contribution in [0.1, 0.15) is 33.1 Å². The number of carbonyl (C=O) groups is 2. The predicted molar refractivity (Wildman–Crippen MR) is 61.1 cm³/mol. The lowest BCUT2D eigenvalue weighted by molar-refractivity contribution is -0.148. The third-order valence-electron chi connectivity index (χ3n) is 4.23. The Balaban J connectivity index is 1.91. The second-order valence-electron chi connectivity index (χ2n) is 5.27. The summed E-state index contributed by atoms with van der Waals surface area (Å²) in [6.07, 6.45) is 3.66. The molecule has 2 fully saturated rings. The monoisotopic (exact) mass is 240 g/mol. The van der Waals surface area contributed by atoms with Crippen molar-refractivity contribution in [2.75, 3.05) is 13.2 Å². The first kappa shape index (κ1) is 12.4. The van der Waals surface area contributed by atoms with Gasteiger partial charge in [0.2, 0.25) is 0 Å². The molecule has 0 aromatic heterocycles. The third kappa shape index (κ3) is 2.79. The highest BCUT2D eigenvalue weighted by atomic mass is 16.5. The van der Waals surface area contributed by atoms with Crippen molar-refractivity contribution in [2.24, 2.45) is 23.7 Å². The van der Waals surface area contributed by atoms with Crippen LogP contribution in [0.15, 0.2) is 0 Å². The summed E-state index contributed by atoms with van der Waals surface area (Å²) in [5, 5.41) is 0. The number of hydrogen-bond donors (Lipinski definition) is 0. The summed E-state index contributed by atoms with van der Waals surface area (Å²) in [5.74, 6) is 1.63. The van der Waals surface area contributed by atoms with Gasteiger partial charge in [-0.05, 0) is 31.1 Å². The molecule has 0 radical (unpaired) electrons. The quantitative estimate of drug-likeness (QED) is 0.703. The first-order valence-electron chi connectivity index (χ1n) is 6.34. The van der Waals surface area contributed by atoms with Crippen LogP contribution in [-0.2, 0) is 19.1 Å². The van der Waals surface area contributed by atoms with E-state index in [1.807, 2.05) is 0 Å². The number of hydrogen-bond acceptors (Lipinski definition) is 4. The second-order valence-corrected chi connectivity index (χ2v) is 5.27. The average Bonchev–Trinajstić information content (AvgIpc) is 2.83. The van der Waals surface area contributed by atoms with Crippen LogP contribution in [-0.4, -0.2) is 25.2 Å². The molecule has 4 heteroatoms. The minimum absolute atomic E-state index is 0.223.